The highest BCUT2D eigenvalue weighted by Gasteiger charge is 2.41. The molecule has 1 saturated heterocycles. The van der Waals surface area contributed by atoms with Crippen molar-refractivity contribution in [3.05, 3.63) is 29.8 Å². The molecule has 0 aromatic heterocycles. The monoisotopic (exact) mass is 909 g/mol. The molecule has 1 aromatic rings. The van der Waals surface area contributed by atoms with Crippen molar-refractivity contribution < 1.29 is 83.4 Å². The van der Waals surface area contributed by atoms with Gasteiger partial charge in [-0.15, -0.1) is 0 Å². The standard InChI is InChI=1S/C38H55N9O17/c1-2-3-4-22(42-32(57)21(39)9-10-30(53)54)33(58)41-15-29(52)47-16-20(50)12-27(47)37(62)46-26(17-48)36(61)44-24(14-31(55)56)35(60)43-23(13-28(40)51)34(59)45-25(38(63)64)11-18-5-7-19(49)8-6-18/h5-8,20-27,48-50H,2-4,9-17,39H2,1H3,(H2,40,51)(H,41,58)(H,42,57)(H,43,60)(H,44,61)(H,45,59)(H,46,62)(H,53,54)(H,55,56)(H,63,64)/t20-,21+,22+,23+,24+,25+,26+,27+/m1/s1. The topological polar surface area (TPSA) is 437 Å². The first-order valence-electron chi connectivity index (χ1n) is 19.9. The molecule has 8 amide bonds. The lowest BCUT2D eigenvalue weighted by Crippen LogP contribution is -2.60. The molecule has 354 valence electrons. The van der Waals surface area contributed by atoms with Crippen LogP contribution in [0.4, 0.5) is 0 Å². The van der Waals surface area contributed by atoms with Gasteiger partial charge in [-0.25, -0.2) is 4.79 Å². The van der Waals surface area contributed by atoms with Gasteiger partial charge in [0.25, 0.3) is 0 Å². The van der Waals surface area contributed by atoms with Crippen molar-refractivity contribution in [2.24, 2.45) is 11.5 Å². The summed E-state index contributed by atoms with van der Waals surface area (Å²) in [6.07, 6.45) is -3.44. The normalized spacial score (nSPS) is 17.2. The number of aliphatic hydroxyl groups is 2. The summed E-state index contributed by atoms with van der Waals surface area (Å²) < 4.78 is 0. The van der Waals surface area contributed by atoms with Crippen LogP contribution in [0.15, 0.2) is 24.3 Å². The number of phenols is 1. The van der Waals surface area contributed by atoms with Crippen LogP contribution < -0.4 is 43.4 Å². The van der Waals surface area contributed by atoms with Crippen LogP contribution in [0.3, 0.4) is 0 Å². The molecular weight excluding hydrogens is 854 g/mol. The number of unbranched alkanes of at least 4 members (excludes halogenated alkanes) is 1. The van der Waals surface area contributed by atoms with Gasteiger partial charge in [0.15, 0.2) is 0 Å². The van der Waals surface area contributed by atoms with E-state index in [1.54, 1.807) is 0 Å². The molecule has 1 heterocycles. The zero-order valence-corrected chi connectivity index (χ0v) is 34.7. The molecule has 0 aliphatic carbocycles. The van der Waals surface area contributed by atoms with E-state index in [1.807, 2.05) is 17.6 Å². The van der Waals surface area contributed by atoms with Gasteiger partial charge >= 0.3 is 17.9 Å². The fourth-order valence-corrected chi connectivity index (χ4v) is 6.23. The minimum atomic E-state index is -2.05. The number of benzene rings is 1. The van der Waals surface area contributed by atoms with Crippen LogP contribution in [0.5, 0.6) is 5.75 Å². The number of carbonyl (C=O) groups is 11. The lowest BCUT2D eigenvalue weighted by molar-refractivity contribution is -0.143. The largest absolute Gasteiger partial charge is 0.508 e. The Balaban J connectivity index is 2.15. The molecule has 16 N–H and O–H groups in total. The Morgan fingerprint density at radius 3 is 1.83 bits per heavy atom. The average molecular weight is 910 g/mol. The van der Waals surface area contributed by atoms with Crippen molar-refractivity contribution in [3.63, 3.8) is 0 Å². The van der Waals surface area contributed by atoms with Crippen molar-refractivity contribution in [2.45, 2.75) is 113 Å². The number of aromatic hydroxyl groups is 1. The number of carboxylic acid groups (broad SMARTS) is 3. The molecule has 0 radical (unpaired) electrons. The van der Waals surface area contributed by atoms with Gasteiger partial charge in [-0.2, -0.15) is 0 Å². The van der Waals surface area contributed by atoms with Crippen molar-refractivity contribution in [2.75, 3.05) is 19.7 Å². The van der Waals surface area contributed by atoms with Crippen molar-refractivity contribution in [1.82, 2.24) is 36.8 Å². The van der Waals surface area contributed by atoms with E-state index in [9.17, 15) is 78.3 Å². The smallest absolute Gasteiger partial charge is 0.326 e. The molecular formula is C38H55N9O17. The zero-order valence-electron chi connectivity index (χ0n) is 34.7. The number of hydrogen-bond donors (Lipinski definition) is 14. The van der Waals surface area contributed by atoms with Crippen molar-refractivity contribution in [3.8, 4) is 5.75 Å². The van der Waals surface area contributed by atoms with Crippen LogP contribution in [0.1, 0.15) is 63.9 Å². The van der Waals surface area contributed by atoms with Crippen LogP contribution in [0.25, 0.3) is 0 Å². The van der Waals surface area contributed by atoms with Gasteiger partial charge < -0.3 is 78.9 Å². The number of carbonyl (C=O) groups excluding carboxylic acids is 8. The second-order valence-electron chi connectivity index (χ2n) is 14.8. The van der Waals surface area contributed by atoms with Crippen LogP contribution in [0, 0.1) is 0 Å². The Hall–Kier alpha value is -6.93. The molecule has 64 heavy (non-hydrogen) atoms. The number of phenolic OH excluding ortho intramolecular Hbond substituents is 1. The number of β-amino-alcohol motifs (C(OH)–C–C–N with tert-alkyl or cyclic N) is 1. The number of primary amides is 1. The van der Waals surface area contributed by atoms with Crippen molar-refractivity contribution in [1.29, 1.82) is 0 Å². The average Bonchev–Trinajstić information content (AvgIpc) is 3.63. The van der Waals surface area contributed by atoms with Crippen LogP contribution in [-0.2, 0) is 59.2 Å². The number of aliphatic hydroxyl groups excluding tert-OH is 2. The molecule has 1 fully saturated rings. The summed E-state index contributed by atoms with van der Waals surface area (Å²) in [7, 11) is 0. The highest BCUT2D eigenvalue weighted by molar-refractivity contribution is 5.99. The number of aliphatic carboxylic acids is 3. The minimum Gasteiger partial charge on any atom is -0.508 e. The van der Waals surface area contributed by atoms with Gasteiger partial charge in [0, 0.05) is 25.8 Å². The quantitative estimate of drug-likeness (QED) is 0.0391. The van der Waals surface area contributed by atoms with Gasteiger partial charge in [0.1, 0.15) is 42.0 Å². The minimum absolute atomic E-state index is 0.120. The second-order valence-corrected chi connectivity index (χ2v) is 14.8. The van der Waals surface area contributed by atoms with E-state index in [4.69, 9.17) is 16.6 Å². The summed E-state index contributed by atoms with van der Waals surface area (Å²) in [6.45, 7) is -0.496. The Kier molecular flexibility index (Phi) is 21.5. The maximum absolute atomic E-state index is 13.4. The highest BCUT2D eigenvalue weighted by Crippen LogP contribution is 2.19. The Labute approximate surface area is 364 Å². The van der Waals surface area contributed by atoms with Crippen LogP contribution in [-0.4, -0.2) is 169 Å². The summed E-state index contributed by atoms with van der Waals surface area (Å²) in [5, 5.41) is 71.0. The first-order chi connectivity index (χ1) is 30.1. The summed E-state index contributed by atoms with van der Waals surface area (Å²) in [5.74, 6) is -13.2. The Bertz CT molecular complexity index is 1880. The molecule has 2 rings (SSSR count). The highest BCUT2D eigenvalue weighted by atomic mass is 16.4. The molecule has 0 spiro atoms. The Morgan fingerprint density at radius 2 is 1.30 bits per heavy atom. The lowest BCUT2D eigenvalue weighted by atomic mass is 10.0. The third-order valence-corrected chi connectivity index (χ3v) is 9.66. The fourth-order valence-electron chi connectivity index (χ4n) is 6.23. The summed E-state index contributed by atoms with van der Waals surface area (Å²) in [6, 6.07) is -6.12. The van der Waals surface area contributed by atoms with Crippen LogP contribution in [0.2, 0.25) is 0 Å². The lowest BCUT2D eigenvalue weighted by Gasteiger charge is -2.27. The molecule has 26 nitrogen and oxygen atoms in total. The molecule has 26 heteroatoms. The first kappa shape index (κ1) is 53.2. The SMILES string of the molecule is CCCC[C@H](NC(=O)[C@@H](N)CCC(=O)O)C(=O)NCC(=O)N1C[C@H](O)C[C@H]1C(=O)N[C@@H](CO)C(=O)N[C@@H](CC(=O)O)C(=O)N[C@@H](CC(N)=O)C(=O)N[C@@H](Cc1ccc(O)cc1)C(=O)O. The zero-order chi connectivity index (χ0) is 48.3. The number of likely N-dealkylation sites (tertiary alicyclic amines) is 1. The maximum atomic E-state index is 13.4. The summed E-state index contributed by atoms with van der Waals surface area (Å²) in [5.41, 5.74) is 11.3. The summed E-state index contributed by atoms with van der Waals surface area (Å²) >= 11 is 0. The molecule has 1 aliphatic heterocycles. The van der Waals surface area contributed by atoms with E-state index in [0.717, 1.165) is 4.90 Å². The van der Waals surface area contributed by atoms with E-state index in [0.29, 0.717) is 18.4 Å². The van der Waals surface area contributed by atoms with Crippen molar-refractivity contribution >= 4 is 65.2 Å². The molecule has 0 bridgehead atoms. The number of rotatable bonds is 27. The van der Waals surface area contributed by atoms with Gasteiger partial charge in [-0.05, 0) is 30.5 Å². The van der Waals surface area contributed by atoms with Crippen LogP contribution >= 0.6 is 0 Å². The Morgan fingerprint density at radius 1 is 0.734 bits per heavy atom. The van der Waals surface area contributed by atoms with E-state index < -0.39 is 153 Å². The van der Waals surface area contributed by atoms with E-state index >= 15 is 0 Å². The van der Waals surface area contributed by atoms with Gasteiger partial charge in [0.05, 0.1) is 38.1 Å². The maximum Gasteiger partial charge on any atom is 0.326 e. The number of nitrogens with zero attached hydrogens (tertiary/aromatic N) is 1. The van der Waals surface area contributed by atoms with E-state index in [-0.39, 0.29) is 31.4 Å². The van der Waals surface area contributed by atoms with Gasteiger partial charge in [-0.3, -0.25) is 47.9 Å². The third-order valence-electron chi connectivity index (χ3n) is 9.66. The second kappa shape index (κ2) is 25.9. The number of nitrogens with two attached hydrogens (primary N) is 2. The molecule has 1 aliphatic rings. The van der Waals surface area contributed by atoms with Gasteiger partial charge in [-0.1, -0.05) is 31.9 Å². The predicted molar refractivity (Wildman–Crippen MR) is 216 cm³/mol. The molecule has 1 aromatic carbocycles. The number of carboxylic acids is 3. The summed E-state index contributed by atoms with van der Waals surface area (Å²) in [4.78, 5) is 139. The van der Waals surface area contributed by atoms with E-state index in [1.165, 1.54) is 24.3 Å². The third kappa shape index (κ3) is 17.8. The predicted octanol–water partition coefficient (Wildman–Crippen LogP) is -5.75. The van der Waals surface area contributed by atoms with E-state index in [2.05, 4.69) is 21.3 Å². The van der Waals surface area contributed by atoms with Gasteiger partial charge in [0.2, 0.25) is 47.3 Å². The molecule has 8 atom stereocenters. The number of amides is 8. The number of hydrogen-bond acceptors (Lipinski definition) is 15. The fraction of sp³-hybridized carbons (Fsp3) is 0.553. The number of nitrogens with one attached hydrogen (secondary N) is 6. The molecule has 0 unspecified atom stereocenters. The first-order valence-corrected chi connectivity index (χ1v) is 19.9. The molecule has 0 saturated carbocycles.